The third-order valence-electron chi connectivity index (χ3n) is 5.97. The average molecular weight is 519 g/mol. The number of hydrogen-bond donors (Lipinski definition) is 1. The first-order valence-corrected chi connectivity index (χ1v) is 12.1. The first-order valence-electron chi connectivity index (χ1n) is 11.3. The van der Waals surface area contributed by atoms with Crippen molar-refractivity contribution in [3.8, 4) is 5.69 Å². The van der Waals surface area contributed by atoms with Crippen molar-refractivity contribution in [2.45, 2.75) is 32.7 Å². The molecule has 1 atom stereocenters. The number of rotatable bonds is 6. The molecule has 1 aromatic heterocycles. The summed E-state index contributed by atoms with van der Waals surface area (Å²) in [5.74, 6) is 0.521. The molecular weight excluding hydrogens is 492 g/mol. The van der Waals surface area contributed by atoms with Gasteiger partial charge in [-0.3, -0.25) is 9.36 Å². The summed E-state index contributed by atoms with van der Waals surface area (Å²) in [7, 11) is 1.73. The van der Waals surface area contributed by atoms with Gasteiger partial charge in [0.15, 0.2) is 0 Å². The molecule has 1 unspecified atom stereocenters. The van der Waals surface area contributed by atoms with Crippen molar-refractivity contribution in [1.82, 2.24) is 14.5 Å². The van der Waals surface area contributed by atoms with Gasteiger partial charge in [0.05, 0.1) is 22.6 Å². The van der Waals surface area contributed by atoms with Gasteiger partial charge in [0.1, 0.15) is 5.82 Å². The van der Waals surface area contributed by atoms with Crippen molar-refractivity contribution in [3.63, 3.8) is 0 Å². The summed E-state index contributed by atoms with van der Waals surface area (Å²) < 4.78 is 2.53. The molecule has 0 aliphatic heterocycles. The molecule has 34 heavy (non-hydrogen) atoms. The largest absolute Gasteiger partial charge is 0.322 e. The lowest BCUT2D eigenvalue weighted by Crippen LogP contribution is -2.38. The van der Waals surface area contributed by atoms with E-state index in [0.29, 0.717) is 28.8 Å². The van der Waals surface area contributed by atoms with Crippen LogP contribution in [0.4, 0.5) is 10.5 Å². The van der Waals surface area contributed by atoms with Gasteiger partial charge in [-0.1, -0.05) is 54.0 Å². The van der Waals surface area contributed by atoms with Crippen LogP contribution in [0.25, 0.3) is 16.6 Å². The lowest BCUT2D eigenvalue weighted by Gasteiger charge is -2.29. The molecule has 174 valence electrons. The van der Waals surface area contributed by atoms with Crippen LogP contribution < -0.4 is 10.9 Å². The van der Waals surface area contributed by atoms with Gasteiger partial charge in [0.2, 0.25) is 0 Å². The van der Waals surface area contributed by atoms with E-state index in [1.807, 2.05) is 73.7 Å². The molecule has 0 saturated carbocycles. The van der Waals surface area contributed by atoms with E-state index in [1.165, 1.54) is 5.56 Å². The van der Waals surface area contributed by atoms with Gasteiger partial charge < -0.3 is 10.2 Å². The zero-order valence-corrected chi connectivity index (χ0v) is 21.0. The zero-order chi connectivity index (χ0) is 24.2. The molecule has 0 aliphatic rings. The summed E-state index contributed by atoms with van der Waals surface area (Å²) in [5.41, 5.74) is 3.07. The Labute approximate surface area is 207 Å². The second kappa shape index (κ2) is 10.2. The van der Waals surface area contributed by atoms with Crippen molar-refractivity contribution in [1.29, 1.82) is 0 Å². The predicted octanol–water partition coefficient (Wildman–Crippen LogP) is 6.33. The quantitative estimate of drug-likeness (QED) is 0.324. The highest BCUT2D eigenvalue weighted by atomic mass is 79.9. The van der Waals surface area contributed by atoms with Crippen molar-refractivity contribution in [3.05, 3.63) is 99.0 Å². The smallest absolute Gasteiger partial charge is 0.317 e. The number of anilines is 1. The first kappa shape index (κ1) is 23.7. The minimum Gasteiger partial charge on any atom is -0.317 e. The standard InChI is InChI=1S/C27H27BrN4O2/c1-4-18-10-14-20(15-11-18)29-27(34)31(3)24(5-2)25-30-23-9-7-6-8-22(23)26(33)32(25)21-16-12-19(28)13-17-21/h6-17,24H,4-5H2,1-3H3,(H,29,34). The monoisotopic (exact) mass is 518 g/mol. The number of carbonyl (C=O) groups excluding carboxylic acids is 1. The molecule has 0 fully saturated rings. The Kier molecular flexibility index (Phi) is 7.12. The SMILES string of the molecule is CCc1ccc(NC(=O)N(C)C(CC)c2nc3ccccc3c(=O)n2-c2ccc(Br)cc2)cc1. The van der Waals surface area contributed by atoms with Crippen molar-refractivity contribution < 1.29 is 4.79 Å². The van der Waals surface area contributed by atoms with Crippen molar-refractivity contribution in [2.24, 2.45) is 0 Å². The Morgan fingerprint density at radius 2 is 1.71 bits per heavy atom. The van der Waals surface area contributed by atoms with Crippen LogP contribution in [-0.2, 0) is 6.42 Å². The van der Waals surface area contributed by atoms with Crippen LogP contribution in [0.15, 0.2) is 82.1 Å². The Bertz CT molecular complexity index is 1360. The number of halogens is 1. The summed E-state index contributed by atoms with van der Waals surface area (Å²) in [6.45, 7) is 4.08. The van der Waals surface area contributed by atoms with Crippen LogP contribution in [0.3, 0.4) is 0 Å². The Balaban J connectivity index is 1.77. The topological polar surface area (TPSA) is 67.2 Å². The van der Waals surface area contributed by atoms with Crippen LogP contribution in [0.1, 0.15) is 37.7 Å². The number of carbonyl (C=O) groups is 1. The van der Waals surface area contributed by atoms with E-state index in [9.17, 15) is 9.59 Å². The highest BCUT2D eigenvalue weighted by Crippen LogP contribution is 2.26. The number of hydrogen-bond acceptors (Lipinski definition) is 3. The van der Waals surface area contributed by atoms with E-state index < -0.39 is 6.04 Å². The molecule has 1 heterocycles. The third kappa shape index (κ3) is 4.75. The van der Waals surface area contributed by atoms with Crippen molar-refractivity contribution >= 4 is 38.6 Å². The maximum Gasteiger partial charge on any atom is 0.322 e. The lowest BCUT2D eigenvalue weighted by molar-refractivity contribution is 0.199. The number of fused-ring (bicyclic) bond motifs is 1. The Hall–Kier alpha value is -3.45. The maximum absolute atomic E-state index is 13.6. The molecule has 2 amide bonds. The molecule has 0 radical (unpaired) electrons. The van der Waals surface area contributed by atoms with Gasteiger partial charge in [-0.2, -0.15) is 0 Å². The lowest BCUT2D eigenvalue weighted by atomic mass is 10.1. The second-order valence-electron chi connectivity index (χ2n) is 8.12. The van der Waals surface area contributed by atoms with E-state index in [1.54, 1.807) is 22.6 Å². The minimum atomic E-state index is -0.420. The Morgan fingerprint density at radius 3 is 2.35 bits per heavy atom. The van der Waals surface area contributed by atoms with Crippen LogP contribution in [0.5, 0.6) is 0 Å². The molecule has 0 spiro atoms. The summed E-state index contributed by atoms with van der Waals surface area (Å²) >= 11 is 3.46. The molecule has 6 nitrogen and oxygen atoms in total. The van der Waals surface area contributed by atoms with Gasteiger partial charge >= 0.3 is 6.03 Å². The van der Waals surface area contributed by atoms with Crippen LogP contribution >= 0.6 is 15.9 Å². The van der Waals surface area contributed by atoms with Crippen LogP contribution in [-0.4, -0.2) is 27.5 Å². The minimum absolute atomic E-state index is 0.162. The first-order chi connectivity index (χ1) is 16.4. The highest BCUT2D eigenvalue weighted by Gasteiger charge is 2.26. The number of amides is 2. The molecule has 4 aromatic rings. The van der Waals surface area contributed by atoms with Gasteiger partial charge in [0, 0.05) is 17.2 Å². The zero-order valence-electron chi connectivity index (χ0n) is 19.5. The molecule has 3 aromatic carbocycles. The summed E-state index contributed by atoms with van der Waals surface area (Å²) in [6.07, 6.45) is 1.52. The summed E-state index contributed by atoms with van der Waals surface area (Å²) in [5, 5.41) is 3.50. The fourth-order valence-electron chi connectivity index (χ4n) is 4.02. The molecule has 0 aliphatic carbocycles. The average Bonchev–Trinajstić information content (AvgIpc) is 2.86. The number of urea groups is 1. The van der Waals surface area contributed by atoms with E-state index in [4.69, 9.17) is 4.98 Å². The van der Waals surface area contributed by atoms with E-state index in [0.717, 1.165) is 16.6 Å². The Morgan fingerprint density at radius 1 is 1.03 bits per heavy atom. The number of benzene rings is 3. The molecule has 0 bridgehead atoms. The predicted molar refractivity (Wildman–Crippen MR) is 141 cm³/mol. The van der Waals surface area contributed by atoms with E-state index in [2.05, 4.69) is 28.2 Å². The summed E-state index contributed by atoms with van der Waals surface area (Å²) in [6, 6.07) is 21.9. The van der Waals surface area contributed by atoms with Crippen LogP contribution in [0, 0.1) is 0 Å². The van der Waals surface area contributed by atoms with Gasteiger partial charge in [0.25, 0.3) is 5.56 Å². The molecular formula is C27H27BrN4O2. The highest BCUT2D eigenvalue weighted by molar-refractivity contribution is 9.10. The fraction of sp³-hybridized carbons (Fsp3) is 0.222. The number of aromatic nitrogens is 2. The van der Waals surface area contributed by atoms with Gasteiger partial charge in [-0.25, -0.2) is 9.78 Å². The van der Waals surface area contributed by atoms with Crippen molar-refractivity contribution in [2.75, 3.05) is 12.4 Å². The molecule has 4 rings (SSSR count). The fourth-order valence-corrected chi connectivity index (χ4v) is 4.28. The van der Waals surface area contributed by atoms with Gasteiger partial charge in [-0.15, -0.1) is 0 Å². The number of nitrogens with zero attached hydrogens (tertiary/aromatic N) is 3. The number of aryl methyl sites for hydroxylation is 1. The normalized spacial score (nSPS) is 11.9. The van der Waals surface area contributed by atoms with E-state index in [-0.39, 0.29) is 11.6 Å². The van der Waals surface area contributed by atoms with Crippen LogP contribution in [0.2, 0.25) is 0 Å². The third-order valence-corrected chi connectivity index (χ3v) is 6.50. The maximum atomic E-state index is 13.6. The molecule has 0 saturated heterocycles. The second-order valence-corrected chi connectivity index (χ2v) is 9.04. The number of nitrogens with one attached hydrogen (secondary N) is 1. The van der Waals surface area contributed by atoms with Gasteiger partial charge in [-0.05, 0) is 66.9 Å². The molecule has 7 heteroatoms. The summed E-state index contributed by atoms with van der Waals surface area (Å²) in [4.78, 5) is 33.2. The van der Waals surface area contributed by atoms with E-state index >= 15 is 0 Å². The molecule has 1 N–H and O–H groups in total. The number of para-hydroxylation sites is 1.